The van der Waals surface area contributed by atoms with Gasteiger partial charge in [0, 0.05) is 12.3 Å². The monoisotopic (exact) mass is 231 g/mol. The second-order valence-corrected chi connectivity index (χ2v) is 4.71. The van der Waals surface area contributed by atoms with Crippen LogP contribution in [0.5, 0.6) is 0 Å². The van der Waals surface area contributed by atoms with Crippen molar-refractivity contribution in [2.24, 2.45) is 0 Å². The molecule has 1 fully saturated rings. The Hall–Kier alpha value is -1.55. The quantitative estimate of drug-likeness (QED) is 0.766. The third kappa shape index (κ3) is 1.60. The first-order valence-corrected chi connectivity index (χ1v) is 6.02. The van der Waals surface area contributed by atoms with Gasteiger partial charge in [-0.05, 0) is 38.5 Å². The number of nitrogens with two attached hydrogens (primary N) is 1. The number of nitrogens with zero attached hydrogens (tertiary/aromatic N) is 2. The van der Waals surface area contributed by atoms with Crippen LogP contribution in [0.1, 0.15) is 25.2 Å². The highest BCUT2D eigenvalue weighted by molar-refractivity contribution is 5.79. The van der Waals surface area contributed by atoms with Crippen LogP contribution in [0.3, 0.4) is 0 Å². The number of ether oxygens (including phenoxy) is 1. The number of rotatable bonds is 1. The molecule has 0 aliphatic carbocycles. The molecule has 1 aliphatic rings. The molecule has 0 saturated carbocycles. The first-order chi connectivity index (χ1) is 8.16. The van der Waals surface area contributed by atoms with Gasteiger partial charge in [-0.3, -0.25) is 0 Å². The lowest BCUT2D eigenvalue weighted by atomic mass is 10.1. The lowest BCUT2D eigenvalue weighted by Gasteiger charge is -2.18. The molecule has 2 atom stereocenters. The Morgan fingerprint density at radius 1 is 1.47 bits per heavy atom. The Balaban J connectivity index is 2.18. The first-order valence-electron chi connectivity index (χ1n) is 6.02. The summed E-state index contributed by atoms with van der Waals surface area (Å²) in [6.45, 7) is 5.00. The van der Waals surface area contributed by atoms with Crippen molar-refractivity contribution in [3.8, 4) is 0 Å². The van der Waals surface area contributed by atoms with Gasteiger partial charge in [0.25, 0.3) is 0 Å². The topological polar surface area (TPSA) is 53.1 Å². The largest absolute Gasteiger partial charge is 0.399 e. The van der Waals surface area contributed by atoms with E-state index in [9.17, 15) is 0 Å². The fourth-order valence-corrected chi connectivity index (χ4v) is 2.71. The first kappa shape index (κ1) is 10.6. The standard InChI is InChI=1S/C13H17N3O/c1-8-12(5-6-17-8)16-9(2)15-11-7-10(14)3-4-13(11)16/h3-4,7-8,12H,5-6,14H2,1-2H3. The lowest BCUT2D eigenvalue weighted by molar-refractivity contribution is 0.108. The second-order valence-electron chi connectivity index (χ2n) is 4.71. The van der Waals surface area contributed by atoms with Crippen LogP contribution < -0.4 is 5.73 Å². The van der Waals surface area contributed by atoms with Crippen molar-refractivity contribution < 1.29 is 4.74 Å². The minimum atomic E-state index is 0.253. The minimum Gasteiger partial charge on any atom is -0.399 e. The van der Waals surface area contributed by atoms with E-state index in [0.29, 0.717) is 6.04 Å². The molecule has 1 aromatic heterocycles. The number of nitrogen functional groups attached to an aromatic ring is 1. The summed E-state index contributed by atoms with van der Waals surface area (Å²) >= 11 is 0. The van der Waals surface area contributed by atoms with Crippen LogP contribution in [-0.2, 0) is 4.74 Å². The molecule has 2 aromatic rings. The van der Waals surface area contributed by atoms with Gasteiger partial charge in [0.05, 0.1) is 23.2 Å². The van der Waals surface area contributed by atoms with Gasteiger partial charge in [-0.2, -0.15) is 0 Å². The summed E-state index contributed by atoms with van der Waals surface area (Å²) in [6.07, 6.45) is 1.31. The van der Waals surface area contributed by atoms with Gasteiger partial charge in [-0.15, -0.1) is 0 Å². The molecule has 3 rings (SSSR count). The number of aromatic nitrogens is 2. The van der Waals surface area contributed by atoms with E-state index < -0.39 is 0 Å². The Kier molecular flexibility index (Phi) is 2.33. The molecule has 0 radical (unpaired) electrons. The van der Waals surface area contributed by atoms with Crippen LogP contribution in [0.15, 0.2) is 18.2 Å². The number of hydrogen-bond acceptors (Lipinski definition) is 3. The summed E-state index contributed by atoms with van der Waals surface area (Å²) in [5.74, 6) is 1.04. The van der Waals surface area contributed by atoms with Gasteiger partial charge in [-0.1, -0.05) is 0 Å². The predicted octanol–water partition coefficient (Wildman–Crippen LogP) is 2.28. The highest BCUT2D eigenvalue weighted by Gasteiger charge is 2.28. The zero-order chi connectivity index (χ0) is 12.0. The molecular formula is C13H17N3O. The van der Waals surface area contributed by atoms with Gasteiger partial charge in [-0.25, -0.2) is 4.98 Å². The average Bonchev–Trinajstić information content (AvgIpc) is 2.80. The number of benzene rings is 1. The number of imidazole rings is 1. The van der Waals surface area contributed by atoms with E-state index in [4.69, 9.17) is 10.5 Å². The molecule has 1 saturated heterocycles. The van der Waals surface area contributed by atoms with E-state index in [-0.39, 0.29) is 6.10 Å². The van der Waals surface area contributed by atoms with E-state index in [1.54, 1.807) is 0 Å². The maximum atomic E-state index is 5.79. The zero-order valence-electron chi connectivity index (χ0n) is 10.2. The lowest BCUT2D eigenvalue weighted by Crippen LogP contribution is -2.17. The van der Waals surface area contributed by atoms with E-state index in [0.717, 1.165) is 35.6 Å². The van der Waals surface area contributed by atoms with Gasteiger partial charge in [0.15, 0.2) is 0 Å². The smallest absolute Gasteiger partial charge is 0.107 e. The van der Waals surface area contributed by atoms with E-state index in [1.165, 1.54) is 0 Å². The molecule has 1 aromatic carbocycles. The summed E-state index contributed by atoms with van der Waals surface area (Å²) in [7, 11) is 0. The molecule has 2 unspecified atom stereocenters. The highest BCUT2D eigenvalue weighted by Crippen LogP contribution is 2.31. The second kappa shape index (κ2) is 3.74. The van der Waals surface area contributed by atoms with Crippen molar-refractivity contribution in [1.82, 2.24) is 9.55 Å². The number of anilines is 1. The zero-order valence-corrected chi connectivity index (χ0v) is 10.2. The third-order valence-corrected chi connectivity index (χ3v) is 3.56. The number of hydrogen-bond donors (Lipinski definition) is 1. The predicted molar refractivity (Wildman–Crippen MR) is 68.0 cm³/mol. The van der Waals surface area contributed by atoms with Crippen molar-refractivity contribution in [3.63, 3.8) is 0 Å². The Morgan fingerprint density at radius 2 is 2.29 bits per heavy atom. The van der Waals surface area contributed by atoms with Crippen molar-refractivity contribution >= 4 is 16.7 Å². The molecule has 2 heterocycles. The fraction of sp³-hybridized carbons (Fsp3) is 0.462. The fourth-order valence-electron chi connectivity index (χ4n) is 2.71. The van der Waals surface area contributed by atoms with Crippen LogP contribution >= 0.6 is 0 Å². The molecule has 0 amide bonds. The summed E-state index contributed by atoms with van der Waals surface area (Å²) < 4.78 is 7.93. The molecule has 2 N–H and O–H groups in total. The Labute approximate surface area is 100 Å². The van der Waals surface area contributed by atoms with Gasteiger partial charge >= 0.3 is 0 Å². The minimum absolute atomic E-state index is 0.253. The average molecular weight is 231 g/mol. The SMILES string of the molecule is Cc1nc2cc(N)ccc2n1C1CCOC1C. The molecule has 4 nitrogen and oxygen atoms in total. The van der Waals surface area contributed by atoms with Crippen molar-refractivity contribution in [2.45, 2.75) is 32.4 Å². The normalized spacial score (nSPS) is 24.6. The Morgan fingerprint density at radius 3 is 3.00 bits per heavy atom. The van der Waals surface area contributed by atoms with E-state index in [2.05, 4.69) is 22.5 Å². The third-order valence-electron chi connectivity index (χ3n) is 3.56. The van der Waals surface area contributed by atoms with Crippen LogP contribution in [-0.4, -0.2) is 22.3 Å². The summed E-state index contributed by atoms with van der Waals surface area (Å²) in [5.41, 5.74) is 8.68. The summed E-state index contributed by atoms with van der Waals surface area (Å²) in [6, 6.07) is 6.30. The molecule has 90 valence electrons. The molecule has 17 heavy (non-hydrogen) atoms. The van der Waals surface area contributed by atoms with E-state index in [1.807, 2.05) is 19.1 Å². The van der Waals surface area contributed by atoms with Gasteiger partial charge in [0.1, 0.15) is 5.82 Å². The number of aryl methyl sites for hydroxylation is 1. The van der Waals surface area contributed by atoms with Crippen LogP contribution in [0.4, 0.5) is 5.69 Å². The van der Waals surface area contributed by atoms with Crippen molar-refractivity contribution in [3.05, 3.63) is 24.0 Å². The van der Waals surface area contributed by atoms with Crippen molar-refractivity contribution in [2.75, 3.05) is 12.3 Å². The summed E-state index contributed by atoms with van der Waals surface area (Å²) in [4.78, 5) is 4.58. The van der Waals surface area contributed by atoms with Crippen LogP contribution in [0.25, 0.3) is 11.0 Å². The highest BCUT2D eigenvalue weighted by atomic mass is 16.5. The van der Waals surface area contributed by atoms with Gasteiger partial charge < -0.3 is 15.0 Å². The molecule has 0 bridgehead atoms. The maximum Gasteiger partial charge on any atom is 0.107 e. The van der Waals surface area contributed by atoms with Crippen LogP contribution in [0.2, 0.25) is 0 Å². The van der Waals surface area contributed by atoms with Crippen molar-refractivity contribution in [1.29, 1.82) is 0 Å². The van der Waals surface area contributed by atoms with Gasteiger partial charge in [0.2, 0.25) is 0 Å². The maximum absolute atomic E-state index is 5.79. The number of fused-ring (bicyclic) bond motifs is 1. The molecule has 0 spiro atoms. The molecular weight excluding hydrogens is 214 g/mol. The molecule has 4 heteroatoms. The Bertz CT molecular complexity index is 561. The molecule has 1 aliphatic heterocycles. The van der Waals surface area contributed by atoms with Crippen LogP contribution in [0, 0.1) is 6.92 Å². The van der Waals surface area contributed by atoms with E-state index >= 15 is 0 Å². The summed E-state index contributed by atoms with van der Waals surface area (Å²) in [5, 5.41) is 0.